The summed E-state index contributed by atoms with van der Waals surface area (Å²) in [5, 5.41) is 3.00. The number of pyridine rings is 1. The fourth-order valence-electron chi connectivity index (χ4n) is 2.75. The number of hydrogen-bond acceptors (Lipinski definition) is 6. The van der Waals surface area contributed by atoms with Gasteiger partial charge in [0, 0.05) is 26.1 Å². The molecule has 1 aromatic carbocycles. The monoisotopic (exact) mass is 407 g/mol. The van der Waals surface area contributed by atoms with E-state index in [2.05, 4.69) is 26.8 Å². The summed E-state index contributed by atoms with van der Waals surface area (Å²) in [6.07, 6.45) is 4.31. The molecule has 0 saturated carbocycles. The molecule has 0 spiro atoms. The fraction of sp³-hybridized carbons (Fsp3) is 0.182. The van der Waals surface area contributed by atoms with Gasteiger partial charge in [0.15, 0.2) is 5.82 Å². The Labute approximate surface area is 174 Å². The van der Waals surface area contributed by atoms with Gasteiger partial charge in [-0.2, -0.15) is 0 Å². The summed E-state index contributed by atoms with van der Waals surface area (Å²) < 4.78 is 19.3. The van der Waals surface area contributed by atoms with E-state index in [1.165, 1.54) is 13.2 Å². The number of nitrogens with one attached hydrogen (secondary N) is 1. The van der Waals surface area contributed by atoms with Gasteiger partial charge in [0.25, 0.3) is 0 Å². The lowest BCUT2D eigenvalue weighted by Crippen LogP contribution is -2.23. The summed E-state index contributed by atoms with van der Waals surface area (Å²) in [5.74, 6) is 0.146. The van der Waals surface area contributed by atoms with Crippen LogP contribution in [0.2, 0.25) is 0 Å². The molecule has 0 saturated heterocycles. The van der Waals surface area contributed by atoms with Crippen molar-refractivity contribution in [3.63, 3.8) is 0 Å². The highest BCUT2D eigenvalue weighted by Gasteiger charge is 2.10. The number of hydrogen-bond donors (Lipinski definition) is 1. The van der Waals surface area contributed by atoms with Crippen LogP contribution in [0.25, 0.3) is 0 Å². The maximum Gasteiger partial charge on any atom is 0.245 e. The molecule has 2 heterocycles. The Bertz CT molecular complexity index is 1020. The summed E-state index contributed by atoms with van der Waals surface area (Å²) in [6.45, 7) is 3.95. The number of nitrogens with zero attached hydrogens (tertiary/aromatic N) is 4. The smallest absolute Gasteiger partial charge is 0.245 e. The number of ether oxygens (including phenoxy) is 1. The standard InChI is InChI=1S/C22H22FN5O2/c1-4-21(29)28(2)14-16-7-5-15(6-8-16)11-19-18(23)13-25-22(27-19)26-17-9-10-20(30-3)24-12-17/h4-10,12-13H,1,11,14H2,2-3H3,(H,25,26,27). The van der Waals surface area contributed by atoms with Crippen molar-refractivity contribution >= 4 is 17.5 Å². The normalized spacial score (nSPS) is 10.4. The Balaban J connectivity index is 1.69. The van der Waals surface area contributed by atoms with Gasteiger partial charge in [0.2, 0.25) is 17.7 Å². The molecule has 0 bridgehead atoms. The molecule has 154 valence electrons. The molecule has 30 heavy (non-hydrogen) atoms. The second-order valence-corrected chi connectivity index (χ2v) is 6.59. The minimum atomic E-state index is -0.478. The third-order valence-corrected chi connectivity index (χ3v) is 4.38. The van der Waals surface area contributed by atoms with E-state index in [1.807, 2.05) is 24.3 Å². The number of amides is 1. The molecule has 2 aromatic heterocycles. The van der Waals surface area contributed by atoms with Gasteiger partial charge in [-0.15, -0.1) is 0 Å². The van der Waals surface area contributed by atoms with Crippen LogP contribution in [0.5, 0.6) is 5.88 Å². The van der Waals surface area contributed by atoms with Crippen LogP contribution >= 0.6 is 0 Å². The first-order valence-electron chi connectivity index (χ1n) is 9.22. The Hall–Kier alpha value is -3.81. The highest BCUT2D eigenvalue weighted by Crippen LogP contribution is 2.18. The molecule has 0 radical (unpaired) electrons. The van der Waals surface area contributed by atoms with Crippen LogP contribution in [0.3, 0.4) is 0 Å². The minimum absolute atomic E-state index is 0.144. The van der Waals surface area contributed by atoms with E-state index in [9.17, 15) is 9.18 Å². The van der Waals surface area contributed by atoms with Crippen LogP contribution in [0, 0.1) is 5.82 Å². The lowest BCUT2D eigenvalue weighted by atomic mass is 10.1. The quantitative estimate of drug-likeness (QED) is 0.576. The molecule has 0 fully saturated rings. The predicted molar refractivity (Wildman–Crippen MR) is 112 cm³/mol. The molecule has 8 heteroatoms. The highest BCUT2D eigenvalue weighted by atomic mass is 19.1. The first-order valence-corrected chi connectivity index (χ1v) is 9.22. The van der Waals surface area contributed by atoms with E-state index < -0.39 is 5.82 Å². The summed E-state index contributed by atoms with van der Waals surface area (Å²) in [6, 6.07) is 11.1. The molecule has 3 rings (SSSR count). The van der Waals surface area contributed by atoms with E-state index in [1.54, 1.807) is 30.3 Å². The van der Waals surface area contributed by atoms with Crippen molar-refractivity contribution in [2.24, 2.45) is 0 Å². The number of halogens is 1. The van der Waals surface area contributed by atoms with Gasteiger partial charge in [-0.1, -0.05) is 30.8 Å². The summed E-state index contributed by atoms with van der Waals surface area (Å²) >= 11 is 0. The molecular formula is C22H22FN5O2. The first-order chi connectivity index (χ1) is 14.5. The van der Waals surface area contributed by atoms with Crippen LogP contribution in [0.4, 0.5) is 16.0 Å². The number of carbonyl (C=O) groups is 1. The van der Waals surface area contributed by atoms with E-state index in [-0.39, 0.29) is 17.5 Å². The summed E-state index contributed by atoms with van der Waals surface area (Å²) in [5.41, 5.74) is 2.80. The first kappa shape index (κ1) is 20.9. The molecule has 3 aromatic rings. The molecule has 0 aliphatic carbocycles. The van der Waals surface area contributed by atoms with Crippen molar-refractivity contribution in [3.05, 3.63) is 84.1 Å². The van der Waals surface area contributed by atoms with Crippen LogP contribution in [0.15, 0.2) is 61.4 Å². The highest BCUT2D eigenvalue weighted by molar-refractivity contribution is 5.86. The summed E-state index contributed by atoms with van der Waals surface area (Å²) in [4.78, 5) is 25.5. The Morgan fingerprint density at radius 3 is 2.53 bits per heavy atom. The third-order valence-electron chi connectivity index (χ3n) is 4.38. The van der Waals surface area contributed by atoms with Gasteiger partial charge in [0.05, 0.1) is 30.9 Å². The van der Waals surface area contributed by atoms with Gasteiger partial charge < -0.3 is 15.0 Å². The number of rotatable bonds is 8. The molecule has 0 aliphatic heterocycles. The largest absolute Gasteiger partial charge is 0.481 e. The number of likely N-dealkylation sites (N-methyl/N-ethyl adjacent to an activating group) is 1. The van der Waals surface area contributed by atoms with Crippen LogP contribution in [-0.2, 0) is 17.8 Å². The maximum atomic E-state index is 14.2. The van der Waals surface area contributed by atoms with Gasteiger partial charge >= 0.3 is 0 Å². The topological polar surface area (TPSA) is 80.2 Å². The molecule has 0 aliphatic rings. The van der Waals surface area contributed by atoms with Gasteiger partial charge in [0.1, 0.15) is 0 Å². The van der Waals surface area contributed by atoms with Crippen LogP contribution < -0.4 is 10.1 Å². The summed E-state index contributed by atoms with van der Waals surface area (Å²) in [7, 11) is 3.25. The Morgan fingerprint density at radius 1 is 1.17 bits per heavy atom. The van der Waals surface area contributed by atoms with Gasteiger partial charge in [-0.3, -0.25) is 4.79 Å². The van der Waals surface area contributed by atoms with Crippen molar-refractivity contribution in [2.45, 2.75) is 13.0 Å². The van der Waals surface area contributed by atoms with Crippen molar-refractivity contribution in [1.82, 2.24) is 19.9 Å². The lowest BCUT2D eigenvalue weighted by molar-refractivity contribution is -0.125. The van der Waals surface area contributed by atoms with Crippen molar-refractivity contribution in [1.29, 1.82) is 0 Å². The average molecular weight is 407 g/mol. The second-order valence-electron chi connectivity index (χ2n) is 6.59. The van der Waals surface area contributed by atoms with Gasteiger partial charge in [-0.05, 0) is 23.3 Å². The van der Waals surface area contributed by atoms with E-state index >= 15 is 0 Å². The minimum Gasteiger partial charge on any atom is -0.481 e. The molecular weight excluding hydrogens is 385 g/mol. The molecule has 1 amide bonds. The van der Waals surface area contributed by atoms with E-state index in [4.69, 9.17) is 4.74 Å². The number of anilines is 2. The fourth-order valence-corrected chi connectivity index (χ4v) is 2.75. The number of benzene rings is 1. The van der Waals surface area contributed by atoms with E-state index in [0.29, 0.717) is 24.5 Å². The lowest BCUT2D eigenvalue weighted by Gasteiger charge is -2.15. The van der Waals surface area contributed by atoms with Crippen molar-refractivity contribution < 1.29 is 13.9 Å². The Kier molecular flexibility index (Phi) is 6.69. The zero-order valence-corrected chi connectivity index (χ0v) is 16.8. The van der Waals surface area contributed by atoms with Gasteiger partial charge in [-0.25, -0.2) is 19.3 Å². The maximum absolute atomic E-state index is 14.2. The SMILES string of the molecule is C=CC(=O)N(C)Cc1ccc(Cc2nc(Nc3ccc(OC)nc3)ncc2F)cc1. The van der Waals surface area contributed by atoms with Crippen LogP contribution in [0.1, 0.15) is 16.8 Å². The van der Waals surface area contributed by atoms with Crippen molar-refractivity contribution in [2.75, 3.05) is 19.5 Å². The number of methoxy groups -OCH3 is 1. The Morgan fingerprint density at radius 2 is 1.90 bits per heavy atom. The predicted octanol–water partition coefficient (Wildman–Crippen LogP) is 3.50. The molecule has 0 atom stereocenters. The number of carbonyl (C=O) groups excluding carboxylic acids is 1. The molecule has 7 nitrogen and oxygen atoms in total. The van der Waals surface area contributed by atoms with E-state index in [0.717, 1.165) is 17.3 Å². The van der Waals surface area contributed by atoms with Crippen LogP contribution in [-0.4, -0.2) is 39.9 Å². The average Bonchev–Trinajstić information content (AvgIpc) is 2.77. The van der Waals surface area contributed by atoms with Crippen molar-refractivity contribution in [3.8, 4) is 5.88 Å². The number of aromatic nitrogens is 3. The second kappa shape index (κ2) is 9.60. The third kappa shape index (κ3) is 5.38. The zero-order valence-electron chi connectivity index (χ0n) is 16.8. The zero-order chi connectivity index (χ0) is 21.5. The molecule has 1 N–H and O–H groups in total. The molecule has 0 unspecified atom stereocenters.